The predicted octanol–water partition coefficient (Wildman–Crippen LogP) is 2.83. The van der Waals surface area contributed by atoms with Gasteiger partial charge in [-0.2, -0.15) is 0 Å². The van der Waals surface area contributed by atoms with Crippen molar-refractivity contribution in [2.75, 3.05) is 26.1 Å². The second-order valence-electron chi connectivity index (χ2n) is 5.14. The van der Waals surface area contributed by atoms with Crippen molar-refractivity contribution in [3.05, 3.63) is 52.0 Å². The lowest BCUT2D eigenvalue weighted by Crippen LogP contribution is -2.17. The molecule has 0 spiro atoms. The van der Waals surface area contributed by atoms with Crippen LogP contribution >= 0.6 is 15.9 Å². The standard InChI is InChI=1S/C17H16BrNO7S/c1-24-10-4-7-15(13(8-10)17(21)26-3)19-27(22,23)11-5-6-14(18)12(9-11)16(20)25-2/h4-9,19H,1-3H3. The topological polar surface area (TPSA) is 108 Å². The van der Waals surface area contributed by atoms with Crippen LogP contribution in [0.3, 0.4) is 0 Å². The quantitative estimate of drug-likeness (QED) is 0.664. The van der Waals surface area contributed by atoms with E-state index >= 15 is 0 Å². The van der Waals surface area contributed by atoms with Crippen molar-refractivity contribution in [2.45, 2.75) is 4.90 Å². The number of carbonyl (C=O) groups excluding carboxylic acids is 2. The molecular weight excluding hydrogens is 442 g/mol. The highest BCUT2D eigenvalue weighted by Crippen LogP contribution is 2.27. The van der Waals surface area contributed by atoms with E-state index in [-0.39, 0.29) is 21.7 Å². The normalized spacial score (nSPS) is 10.8. The van der Waals surface area contributed by atoms with Crippen LogP contribution in [-0.4, -0.2) is 41.7 Å². The molecule has 0 heterocycles. The van der Waals surface area contributed by atoms with Gasteiger partial charge in [0.2, 0.25) is 0 Å². The number of hydrogen-bond donors (Lipinski definition) is 1. The molecule has 0 aliphatic carbocycles. The molecule has 0 atom stereocenters. The van der Waals surface area contributed by atoms with Gasteiger partial charge in [0.15, 0.2) is 0 Å². The third-order valence-electron chi connectivity index (χ3n) is 3.53. The van der Waals surface area contributed by atoms with Gasteiger partial charge in [-0.05, 0) is 52.3 Å². The second kappa shape index (κ2) is 8.40. The Balaban J connectivity index is 2.48. The number of carbonyl (C=O) groups is 2. The molecule has 2 rings (SSSR count). The van der Waals surface area contributed by atoms with E-state index in [4.69, 9.17) is 4.74 Å². The molecular formula is C17H16BrNO7S. The Kier molecular flexibility index (Phi) is 6.45. The molecule has 0 fully saturated rings. The minimum absolute atomic E-state index is 0.00480. The Morgan fingerprint density at radius 1 is 0.926 bits per heavy atom. The first-order valence-corrected chi connectivity index (χ1v) is 9.68. The maximum Gasteiger partial charge on any atom is 0.340 e. The van der Waals surface area contributed by atoms with E-state index in [9.17, 15) is 18.0 Å². The maximum absolute atomic E-state index is 12.7. The van der Waals surface area contributed by atoms with Crippen LogP contribution in [0.2, 0.25) is 0 Å². The summed E-state index contributed by atoms with van der Waals surface area (Å²) in [6.45, 7) is 0. The van der Waals surface area contributed by atoms with E-state index < -0.39 is 22.0 Å². The third-order valence-corrected chi connectivity index (χ3v) is 5.58. The van der Waals surface area contributed by atoms with Crippen LogP contribution in [0, 0.1) is 0 Å². The number of nitrogens with one attached hydrogen (secondary N) is 1. The van der Waals surface area contributed by atoms with Crippen molar-refractivity contribution in [3.8, 4) is 5.75 Å². The van der Waals surface area contributed by atoms with Crippen LogP contribution in [0.5, 0.6) is 5.75 Å². The fraction of sp³-hybridized carbons (Fsp3) is 0.176. The zero-order chi connectivity index (χ0) is 20.2. The molecule has 27 heavy (non-hydrogen) atoms. The minimum atomic E-state index is -4.11. The highest BCUT2D eigenvalue weighted by Gasteiger charge is 2.22. The number of benzene rings is 2. The SMILES string of the molecule is COC(=O)c1cc(S(=O)(=O)Nc2ccc(OC)cc2C(=O)OC)ccc1Br. The Labute approximate surface area is 164 Å². The fourth-order valence-corrected chi connectivity index (χ4v) is 3.67. The Morgan fingerprint density at radius 2 is 1.56 bits per heavy atom. The molecule has 10 heteroatoms. The molecule has 0 saturated carbocycles. The van der Waals surface area contributed by atoms with E-state index in [0.717, 1.165) is 0 Å². The number of esters is 2. The molecule has 0 aliphatic heterocycles. The molecule has 0 radical (unpaired) electrons. The van der Waals surface area contributed by atoms with Gasteiger partial charge in [-0.3, -0.25) is 4.72 Å². The lowest BCUT2D eigenvalue weighted by molar-refractivity contribution is 0.0591. The summed E-state index contributed by atoms with van der Waals surface area (Å²) in [5, 5.41) is 0. The van der Waals surface area contributed by atoms with E-state index in [2.05, 4.69) is 30.1 Å². The smallest absolute Gasteiger partial charge is 0.340 e. The average molecular weight is 458 g/mol. The van der Waals surface area contributed by atoms with Crippen molar-refractivity contribution in [3.63, 3.8) is 0 Å². The molecule has 2 aromatic rings. The van der Waals surface area contributed by atoms with Gasteiger partial charge in [0.05, 0.1) is 43.0 Å². The van der Waals surface area contributed by atoms with Crippen molar-refractivity contribution in [1.82, 2.24) is 0 Å². The lowest BCUT2D eigenvalue weighted by atomic mass is 10.2. The molecule has 0 bridgehead atoms. The highest BCUT2D eigenvalue weighted by atomic mass is 79.9. The Hall–Kier alpha value is -2.59. The third kappa shape index (κ3) is 4.58. The number of sulfonamides is 1. The summed E-state index contributed by atoms with van der Waals surface area (Å²) in [5.74, 6) is -1.08. The zero-order valence-corrected chi connectivity index (χ0v) is 17.0. The van der Waals surface area contributed by atoms with E-state index in [0.29, 0.717) is 10.2 Å². The number of halogens is 1. The van der Waals surface area contributed by atoms with Crippen LogP contribution in [0.4, 0.5) is 5.69 Å². The summed E-state index contributed by atoms with van der Waals surface area (Å²) in [7, 11) is -0.326. The molecule has 0 aromatic heterocycles. The highest BCUT2D eigenvalue weighted by molar-refractivity contribution is 9.10. The first kappa shape index (κ1) is 20.7. The molecule has 1 N–H and O–H groups in total. The van der Waals surface area contributed by atoms with E-state index in [1.54, 1.807) is 0 Å². The van der Waals surface area contributed by atoms with Crippen LogP contribution < -0.4 is 9.46 Å². The summed E-state index contributed by atoms with van der Waals surface area (Å²) in [6.07, 6.45) is 0. The first-order chi connectivity index (χ1) is 12.7. The van der Waals surface area contributed by atoms with Crippen LogP contribution in [0.25, 0.3) is 0 Å². The minimum Gasteiger partial charge on any atom is -0.497 e. The summed E-state index contributed by atoms with van der Waals surface area (Å²) in [4.78, 5) is 23.6. The average Bonchev–Trinajstić information content (AvgIpc) is 2.66. The molecule has 0 aliphatic rings. The van der Waals surface area contributed by atoms with Crippen LogP contribution in [-0.2, 0) is 19.5 Å². The van der Waals surface area contributed by atoms with Gasteiger partial charge in [0.25, 0.3) is 10.0 Å². The summed E-state index contributed by atoms with van der Waals surface area (Å²) in [5.41, 5.74) is 0.0270. The van der Waals surface area contributed by atoms with Gasteiger partial charge < -0.3 is 14.2 Å². The fourth-order valence-electron chi connectivity index (χ4n) is 2.16. The zero-order valence-electron chi connectivity index (χ0n) is 14.6. The summed E-state index contributed by atoms with van der Waals surface area (Å²) in [6, 6.07) is 8.11. The number of ether oxygens (including phenoxy) is 3. The molecule has 2 aromatic carbocycles. The number of anilines is 1. The first-order valence-electron chi connectivity index (χ1n) is 7.40. The second-order valence-corrected chi connectivity index (χ2v) is 7.68. The van der Waals surface area contributed by atoms with E-state index in [1.165, 1.54) is 57.7 Å². The maximum atomic E-state index is 12.7. The van der Waals surface area contributed by atoms with E-state index in [1.807, 2.05) is 0 Å². The lowest BCUT2D eigenvalue weighted by Gasteiger charge is -2.13. The van der Waals surface area contributed by atoms with Crippen molar-refractivity contribution in [1.29, 1.82) is 0 Å². The van der Waals surface area contributed by atoms with Gasteiger partial charge in [-0.25, -0.2) is 18.0 Å². The molecule has 144 valence electrons. The summed E-state index contributed by atoms with van der Waals surface area (Å²) < 4.78 is 42.5. The molecule has 0 unspecified atom stereocenters. The number of rotatable bonds is 6. The predicted molar refractivity (Wildman–Crippen MR) is 101 cm³/mol. The van der Waals surface area contributed by atoms with Crippen LogP contribution in [0.15, 0.2) is 45.8 Å². The number of methoxy groups -OCH3 is 3. The van der Waals surface area contributed by atoms with Gasteiger partial charge in [0.1, 0.15) is 5.75 Å². The largest absolute Gasteiger partial charge is 0.497 e. The monoisotopic (exact) mass is 457 g/mol. The van der Waals surface area contributed by atoms with Crippen LogP contribution in [0.1, 0.15) is 20.7 Å². The van der Waals surface area contributed by atoms with Gasteiger partial charge >= 0.3 is 11.9 Å². The van der Waals surface area contributed by atoms with Gasteiger partial charge in [-0.15, -0.1) is 0 Å². The van der Waals surface area contributed by atoms with Crippen molar-refractivity contribution in [2.24, 2.45) is 0 Å². The van der Waals surface area contributed by atoms with Crippen molar-refractivity contribution >= 4 is 43.6 Å². The van der Waals surface area contributed by atoms with Gasteiger partial charge in [0, 0.05) is 4.47 Å². The molecule has 0 amide bonds. The molecule has 8 nitrogen and oxygen atoms in total. The Morgan fingerprint density at radius 3 is 2.15 bits per heavy atom. The van der Waals surface area contributed by atoms with Crippen molar-refractivity contribution < 1.29 is 32.2 Å². The molecule has 0 saturated heterocycles. The Bertz CT molecular complexity index is 989. The summed E-state index contributed by atoms with van der Waals surface area (Å²) >= 11 is 3.17. The van der Waals surface area contributed by atoms with Gasteiger partial charge in [-0.1, -0.05) is 0 Å². The number of hydrogen-bond acceptors (Lipinski definition) is 7.